The van der Waals surface area contributed by atoms with Crippen molar-refractivity contribution >= 4 is 15.7 Å². The number of hydrogen-bond acceptors (Lipinski definition) is 3. The minimum atomic E-state index is -3.32. The fraction of sp³-hybridized carbons (Fsp3) is 0.538. The summed E-state index contributed by atoms with van der Waals surface area (Å²) in [7, 11) is -1.70. The Labute approximate surface area is 110 Å². The first kappa shape index (κ1) is 15.0. The van der Waals surface area contributed by atoms with Crippen molar-refractivity contribution in [1.82, 2.24) is 5.32 Å². The number of para-hydroxylation sites is 1. The van der Waals surface area contributed by atoms with Gasteiger partial charge in [0.25, 0.3) is 0 Å². The molecule has 102 valence electrons. The molecule has 0 bridgehead atoms. The van der Waals surface area contributed by atoms with Crippen LogP contribution >= 0.6 is 0 Å². The summed E-state index contributed by atoms with van der Waals surface area (Å²) in [4.78, 5) is 0. The summed E-state index contributed by atoms with van der Waals surface area (Å²) in [5.74, 6) is 0. The summed E-state index contributed by atoms with van der Waals surface area (Å²) in [6.07, 6.45) is 0. The largest absolute Gasteiger partial charge is 0.316 e. The van der Waals surface area contributed by atoms with Crippen LogP contribution in [0.5, 0.6) is 0 Å². The molecule has 0 heterocycles. The molecule has 0 amide bonds. The van der Waals surface area contributed by atoms with Crippen molar-refractivity contribution in [2.75, 3.05) is 24.4 Å². The second-order valence-corrected chi connectivity index (χ2v) is 6.80. The first-order valence-electron chi connectivity index (χ1n) is 6.15. The van der Waals surface area contributed by atoms with Crippen LogP contribution < -0.4 is 9.62 Å². The number of hydrogen-bond donors (Lipinski definition) is 1. The van der Waals surface area contributed by atoms with E-state index in [2.05, 4.69) is 5.32 Å². The van der Waals surface area contributed by atoms with E-state index >= 15 is 0 Å². The smallest absolute Gasteiger partial charge is 0.238 e. The van der Waals surface area contributed by atoms with Gasteiger partial charge in [-0.15, -0.1) is 0 Å². The summed E-state index contributed by atoms with van der Waals surface area (Å²) in [5.41, 5.74) is 1.69. The van der Waals surface area contributed by atoms with Crippen molar-refractivity contribution in [1.29, 1.82) is 0 Å². The Morgan fingerprint density at radius 2 is 1.94 bits per heavy atom. The standard InChI is InChI=1S/C13H22N2O2S/c1-5-14-10-12(3)18(16,17)15(4)13-9-7-6-8-11(13)2/h6-9,12,14H,5,10H2,1-4H3. The van der Waals surface area contributed by atoms with Gasteiger partial charge in [0.15, 0.2) is 0 Å². The Balaban J connectivity index is 2.95. The Morgan fingerprint density at radius 1 is 1.33 bits per heavy atom. The van der Waals surface area contributed by atoms with Crippen LogP contribution in [0.3, 0.4) is 0 Å². The van der Waals surface area contributed by atoms with Crippen molar-refractivity contribution in [3.05, 3.63) is 29.8 Å². The minimum absolute atomic E-state index is 0.443. The molecule has 1 N–H and O–H groups in total. The molecule has 0 radical (unpaired) electrons. The molecule has 0 saturated heterocycles. The quantitative estimate of drug-likeness (QED) is 0.857. The van der Waals surface area contributed by atoms with Gasteiger partial charge in [0, 0.05) is 13.6 Å². The van der Waals surface area contributed by atoms with Gasteiger partial charge in [0.2, 0.25) is 10.0 Å². The van der Waals surface area contributed by atoms with Crippen molar-refractivity contribution in [3.8, 4) is 0 Å². The molecule has 5 heteroatoms. The maximum Gasteiger partial charge on any atom is 0.238 e. The zero-order valence-corrected chi connectivity index (χ0v) is 12.3. The van der Waals surface area contributed by atoms with Gasteiger partial charge >= 0.3 is 0 Å². The molecule has 1 aromatic carbocycles. The maximum absolute atomic E-state index is 12.4. The summed E-state index contributed by atoms with van der Waals surface area (Å²) in [6.45, 7) is 6.84. The zero-order chi connectivity index (χ0) is 13.8. The number of anilines is 1. The van der Waals surface area contributed by atoms with Crippen molar-refractivity contribution in [3.63, 3.8) is 0 Å². The lowest BCUT2D eigenvalue weighted by molar-refractivity contribution is 0.572. The number of sulfonamides is 1. The highest BCUT2D eigenvalue weighted by Gasteiger charge is 2.26. The van der Waals surface area contributed by atoms with Crippen LogP contribution in [-0.4, -0.2) is 33.8 Å². The minimum Gasteiger partial charge on any atom is -0.316 e. The van der Waals surface area contributed by atoms with Crippen LogP contribution in [0.15, 0.2) is 24.3 Å². The van der Waals surface area contributed by atoms with E-state index in [4.69, 9.17) is 0 Å². The Hall–Kier alpha value is -1.07. The molecule has 0 aliphatic heterocycles. The predicted octanol–water partition coefficient (Wildman–Crippen LogP) is 1.76. The van der Waals surface area contributed by atoms with Crippen LogP contribution in [0.4, 0.5) is 5.69 Å². The summed E-state index contributed by atoms with van der Waals surface area (Å²) in [6, 6.07) is 7.49. The van der Waals surface area contributed by atoms with Crippen LogP contribution in [0, 0.1) is 6.92 Å². The van der Waals surface area contributed by atoms with Crippen molar-refractivity contribution < 1.29 is 8.42 Å². The second kappa shape index (κ2) is 6.20. The number of rotatable bonds is 6. The molecule has 1 atom stereocenters. The van der Waals surface area contributed by atoms with Gasteiger partial charge in [-0.25, -0.2) is 8.42 Å². The van der Waals surface area contributed by atoms with Gasteiger partial charge < -0.3 is 5.32 Å². The number of aryl methyl sites for hydroxylation is 1. The average Bonchev–Trinajstić information content (AvgIpc) is 2.35. The lowest BCUT2D eigenvalue weighted by Gasteiger charge is -2.25. The first-order chi connectivity index (χ1) is 8.41. The fourth-order valence-corrected chi connectivity index (χ4v) is 3.12. The van der Waals surface area contributed by atoms with E-state index in [1.165, 1.54) is 4.31 Å². The molecule has 0 saturated carbocycles. The molecule has 0 aliphatic rings. The van der Waals surface area contributed by atoms with Crippen LogP contribution in [0.1, 0.15) is 19.4 Å². The Kier molecular flexibility index (Phi) is 5.16. The highest BCUT2D eigenvalue weighted by Crippen LogP contribution is 2.22. The maximum atomic E-state index is 12.4. The van der Waals surface area contributed by atoms with Crippen molar-refractivity contribution in [2.45, 2.75) is 26.0 Å². The summed E-state index contributed by atoms with van der Waals surface area (Å²) in [5, 5.41) is 2.63. The van der Waals surface area contributed by atoms with Gasteiger partial charge in [-0.05, 0) is 32.0 Å². The third-order valence-electron chi connectivity index (χ3n) is 3.03. The van der Waals surface area contributed by atoms with E-state index in [0.29, 0.717) is 6.54 Å². The van der Waals surface area contributed by atoms with E-state index in [9.17, 15) is 8.42 Å². The molecular formula is C13H22N2O2S. The normalized spacial score (nSPS) is 13.3. The second-order valence-electron chi connectivity index (χ2n) is 4.42. The molecule has 1 aromatic rings. The number of benzene rings is 1. The lowest BCUT2D eigenvalue weighted by Crippen LogP contribution is -2.40. The molecule has 1 rings (SSSR count). The van der Waals surface area contributed by atoms with Gasteiger partial charge in [-0.1, -0.05) is 25.1 Å². The van der Waals surface area contributed by atoms with Gasteiger partial charge in [0.1, 0.15) is 0 Å². The van der Waals surface area contributed by atoms with E-state index < -0.39 is 15.3 Å². The van der Waals surface area contributed by atoms with Gasteiger partial charge in [-0.3, -0.25) is 4.31 Å². The molecule has 0 spiro atoms. The topological polar surface area (TPSA) is 49.4 Å². The zero-order valence-electron chi connectivity index (χ0n) is 11.5. The predicted molar refractivity (Wildman–Crippen MR) is 76.5 cm³/mol. The van der Waals surface area contributed by atoms with E-state index in [1.54, 1.807) is 14.0 Å². The fourth-order valence-electron chi connectivity index (χ4n) is 1.78. The van der Waals surface area contributed by atoms with Crippen LogP contribution in [0.2, 0.25) is 0 Å². The molecule has 0 aliphatic carbocycles. The third kappa shape index (κ3) is 3.23. The monoisotopic (exact) mass is 270 g/mol. The van der Waals surface area contributed by atoms with Gasteiger partial charge in [-0.2, -0.15) is 0 Å². The van der Waals surface area contributed by atoms with Crippen molar-refractivity contribution in [2.24, 2.45) is 0 Å². The molecule has 18 heavy (non-hydrogen) atoms. The van der Waals surface area contributed by atoms with E-state index in [1.807, 2.05) is 38.1 Å². The van der Waals surface area contributed by atoms with Crippen LogP contribution in [0.25, 0.3) is 0 Å². The summed E-state index contributed by atoms with van der Waals surface area (Å²) >= 11 is 0. The Morgan fingerprint density at radius 3 is 2.50 bits per heavy atom. The van der Waals surface area contributed by atoms with E-state index in [-0.39, 0.29) is 0 Å². The van der Waals surface area contributed by atoms with E-state index in [0.717, 1.165) is 17.8 Å². The van der Waals surface area contributed by atoms with Crippen LogP contribution in [-0.2, 0) is 10.0 Å². The number of nitrogens with zero attached hydrogens (tertiary/aromatic N) is 1. The highest BCUT2D eigenvalue weighted by molar-refractivity contribution is 7.93. The molecule has 4 nitrogen and oxygen atoms in total. The lowest BCUT2D eigenvalue weighted by atomic mass is 10.2. The molecule has 0 aromatic heterocycles. The molecule has 1 unspecified atom stereocenters. The third-order valence-corrected chi connectivity index (χ3v) is 5.17. The molecular weight excluding hydrogens is 248 g/mol. The SMILES string of the molecule is CCNCC(C)S(=O)(=O)N(C)c1ccccc1C. The first-order valence-corrected chi connectivity index (χ1v) is 7.65. The Bertz CT molecular complexity index is 486. The highest BCUT2D eigenvalue weighted by atomic mass is 32.2. The molecule has 0 fully saturated rings. The summed E-state index contributed by atoms with van der Waals surface area (Å²) < 4.78 is 26.1. The average molecular weight is 270 g/mol. The number of nitrogens with one attached hydrogen (secondary N) is 1. The van der Waals surface area contributed by atoms with Gasteiger partial charge in [0.05, 0.1) is 10.9 Å².